The number of nitrogens with one attached hydrogen (secondary N) is 3. The number of aromatic nitrogens is 1. The molecule has 4 rings (SSSR count). The van der Waals surface area contributed by atoms with Crippen molar-refractivity contribution in [3.8, 4) is 11.1 Å². The molecule has 0 fully saturated rings. The fourth-order valence-electron chi connectivity index (χ4n) is 3.51. The van der Waals surface area contributed by atoms with Crippen molar-refractivity contribution in [3.05, 3.63) is 84.1 Å². The van der Waals surface area contributed by atoms with E-state index in [0.717, 1.165) is 6.07 Å². The minimum Gasteiger partial charge on any atom is -0.350 e. The molecule has 0 saturated carbocycles. The summed E-state index contributed by atoms with van der Waals surface area (Å²) in [7, 11) is -3.44. The van der Waals surface area contributed by atoms with Crippen LogP contribution < -0.4 is 10.0 Å². The Balaban J connectivity index is 1.58. The number of hydrogen-bond donors (Lipinski definition) is 3. The highest BCUT2D eigenvalue weighted by molar-refractivity contribution is 7.92. The Kier molecular flexibility index (Phi) is 6.09. The van der Waals surface area contributed by atoms with Gasteiger partial charge >= 0.3 is 6.18 Å². The number of aromatic amines is 1. The average Bonchev–Trinajstić information content (AvgIpc) is 3.22. The van der Waals surface area contributed by atoms with Crippen molar-refractivity contribution in [2.75, 3.05) is 15.8 Å². The molecule has 176 valence electrons. The minimum absolute atomic E-state index is 0.0128. The highest BCUT2D eigenvalue weighted by Crippen LogP contribution is 2.37. The molecule has 0 spiro atoms. The van der Waals surface area contributed by atoms with E-state index in [1.54, 1.807) is 42.5 Å². The molecule has 1 amide bonds. The van der Waals surface area contributed by atoms with Crippen LogP contribution in [0.5, 0.6) is 0 Å². The van der Waals surface area contributed by atoms with E-state index in [1.165, 1.54) is 31.2 Å². The number of anilines is 2. The molecule has 4 aromatic rings. The molecule has 3 aromatic carbocycles. The first kappa shape index (κ1) is 23.4. The van der Waals surface area contributed by atoms with Crippen LogP contribution in [0.15, 0.2) is 72.8 Å². The molecule has 0 saturated heterocycles. The lowest BCUT2D eigenvalue weighted by Gasteiger charge is -2.13. The van der Waals surface area contributed by atoms with Crippen molar-refractivity contribution in [1.29, 1.82) is 0 Å². The number of rotatable bonds is 6. The van der Waals surface area contributed by atoms with Gasteiger partial charge in [-0.05, 0) is 54.4 Å². The molecule has 0 aliphatic carbocycles. The van der Waals surface area contributed by atoms with Crippen molar-refractivity contribution >= 4 is 38.2 Å². The van der Waals surface area contributed by atoms with Gasteiger partial charge in [0.25, 0.3) is 5.91 Å². The largest absolute Gasteiger partial charge is 0.417 e. The van der Waals surface area contributed by atoms with Gasteiger partial charge in [0, 0.05) is 16.6 Å². The van der Waals surface area contributed by atoms with Gasteiger partial charge in [-0.25, -0.2) is 8.42 Å². The molecular weight excluding hydrogens is 467 g/mol. The van der Waals surface area contributed by atoms with E-state index in [1.807, 2.05) is 0 Å². The monoisotopic (exact) mass is 487 g/mol. The van der Waals surface area contributed by atoms with E-state index in [2.05, 4.69) is 15.0 Å². The Morgan fingerprint density at radius 3 is 2.44 bits per heavy atom. The number of sulfonamides is 1. The molecular formula is C24H20F3N3O3S. The van der Waals surface area contributed by atoms with Gasteiger partial charge in [-0.1, -0.05) is 36.4 Å². The Bertz CT molecular complexity index is 1480. The van der Waals surface area contributed by atoms with Crippen molar-refractivity contribution in [2.24, 2.45) is 0 Å². The van der Waals surface area contributed by atoms with E-state index >= 15 is 0 Å². The molecule has 34 heavy (non-hydrogen) atoms. The molecule has 0 unspecified atom stereocenters. The lowest BCUT2D eigenvalue weighted by molar-refractivity contribution is -0.137. The second-order valence-corrected chi connectivity index (χ2v) is 9.58. The van der Waals surface area contributed by atoms with Gasteiger partial charge in [-0.15, -0.1) is 0 Å². The van der Waals surface area contributed by atoms with E-state index < -0.39 is 27.7 Å². The minimum atomic E-state index is -4.51. The fraction of sp³-hybridized carbons (Fsp3) is 0.125. The molecule has 0 atom stereocenters. The second kappa shape index (κ2) is 8.86. The quantitative estimate of drug-likeness (QED) is 0.318. The van der Waals surface area contributed by atoms with Crippen molar-refractivity contribution in [3.63, 3.8) is 0 Å². The fourth-order valence-corrected chi connectivity index (χ4v) is 4.14. The second-order valence-electron chi connectivity index (χ2n) is 7.57. The van der Waals surface area contributed by atoms with E-state index in [4.69, 9.17) is 0 Å². The van der Waals surface area contributed by atoms with Crippen LogP contribution in [0.1, 0.15) is 23.0 Å². The third-order valence-corrected chi connectivity index (χ3v) is 6.49. The topological polar surface area (TPSA) is 91.1 Å². The van der Waals surface area contributed by atoms with E-state index in [0.29, 0.717) is 27.8 Å². The lowest BCUT2D eigenvalue weighted by atomic mass is 9.99. The van der Waals surface area contributed by atoms with Crippen LogP contribution in [0, 0.1) is 0 Å². The van der Waals surface area contributed by atoms with Crippen molar-refractivity contribution in [1.82, 2.24) is 4.98 Å². The zero-order chi connectivity index (χ0) is 24.5. The molecule has 6 nitrogen and oxygen atoms in total. The summed E-state index contributed by atoms with van der Waals surface area (Å²) < 4.78 is 66.2. The molecule has 3 N–H and O–H groups in total. The summed E-state index contributed by atoms with van der Waals surface area (Å²) in [6.07, 6.45) is -4.51. The zero-order valence-corrected chi connectivity index (χ0v) is 18.7. The van der Waals surface area contributed by atoms with E-state index in [9.17, 15) is 26.4 Å². The van der Waals surface area contributed by atoms with Crippen LogP contribution in [0.4, 0.5) is 24.5 Å². The van der Waals surface area contributed by atoms with Crippen LogP contribution >= 0.6 is 0 Å². The number of hydrogen-bond acceptors (Lipinski definition) is 3. The van der Waals surface area contributed by atoms with Gasteiger partial charge in [0.1, 0.15) is 5.69 Å². The predicted molar refractivity (Wildman–Crippen MR) is 126 cm³/mol. The van der Waals surface area contributed by atoms with Crippen LogP contribution in [-0.4, -0.2) is 25.1 Å². The van der Waals surface area contributed by atoms with Crippen LogP contribution in [-0.2, 0) is 16.2 Å². The smallest absolute Gasteiger partial charge is 0.350 e. The zero-order valence-electron chi connectivity index (χ0n) is 17.9. The summed E-state index contributed by atoms with van der Waals surface area (Å²) >= 11 is 0. The lowest BCUT2D eigenvalue weighted by Crippen LogP contribution is -2.14. The maximum atomic E-state index is 13.4. The van der Waals surface area contributed by atoms with Gasteiger partial charge in [0.15, 0.2) is 0 Å². The first-order valence-electron chi connectivity index (χ1n) is 10.3. The normalized spacial score (nSPS) is 12.0. The first-order chi connectivity index (χ1) is 16.1. The Morgan fingerprint density at radius 2 is 1.71 bits per heavy atom. The predicted octanol–water partition coefficient (Wildman–Crippen LogP) is 5.87. The number of carbonyl (C=O) groups excluding carboxylic acids is 1. The maximum absolute atomic E-state index is 13.4. The number of fused-ring (bicyclic) bond motifs is 1. The highest BCUT2D eigenvalue weighted by atomic mass is 32.2. The number of benzene rings is 3. The van der Waals surface area contributed by atoms with Crippen molar-refractivity contribution in [2.45, 2.75) is 13.1 Å². The van der Waals surface area contributed by atoms with Gasteiger partial charge in [0.2, 0.25) is 10.0 Å². The Morgan fingerprint density at radius 1 is 0.941 bits per heavy atom. The third-order valence-electron chi connectivity index (χ3n) is 5.18. The highest BCUT2D eigenvalue weighted by Gasteiger charge is 2.33. The Hall–Kier alpha value is -3.79. The van der Waals surface area contributed by atoms with Gasteiger partial charge in [0.05, 0.1) is 17.0 Å². The van der Waals surface area contributed by atoms with Crippen LogP contribution in [0.2, 0.25) is 0 Å². The van der Waals surface area contributed by atoms with Gasteiger partial charge in [-0.3, -0.25) is 9.52 Å². The molecule has 1 aromatic heterocycles. The average molecular weight is 488 g/mol. The molecule has 0 bridgehead atoms. The number of H-pyrrole nitrogens is 1. The number of amides is 1. The van der Waals surface area contributed by atoms with Gasteiger partial charge < -0.3 is 10.3 Å². The van der Waals surface area contributed by atoms with Crippen molar-refractivity contribution < 1.29 is 26.4 Å². The summed E-state index contributed by atoms with van der Waals surface area (Å²) in [4.78, 5) is 15.7. The molecule has 0 aliphatic rings. The SMILES string of the molecule is CCS(=O)(=O)Nc1ccc2cc(C(=O)Nc3cccc(-c4ccccc4C(F)(F)F)c3)[nH]c2c1. The molecule has 0 radical (unpaired) electrons. The number of halogens is 3. The third kappa shape index (κ3) is 5.07. The molecule has 10 heteroatoms. The summed E-state index contributed by atoms with van der Waals surface area (Å²) in [6, 6.07) is 17.8. The van der Waals surface area contributed by atoms with Gasteiger partial charge in [-0.2, -0.15) is 13.2 Å². The number of carbonyl (C=O) groups is 1. The first-order valence-corrected chi connectivity index (χ1v) is 11.9. The molecule has 0 aliphatic heterocycles. The standard InChI is InChI=1S/C24H20F3N3O3S/c1-2-34(32,33)30-18-11-10-16-13-22(29-21(16)14-18)23(31)28-17-7-5-6-15(12-17)19-8-3-4-9-20(19)24(25,26)27/h3-14,29-30H,2H2,1H3,(H,28,31). The Labute approximate surface area is 193 Å². The van der Waals surface area contributed by atoms with Crippen LogP contribution in [0.25, 0.3) is 22.0 Å². The summed E-state index contributed by atoms with van der Waals surface area (Å²) in [5, 5.41) is 3.38. The van der Waals surface area contributed by atoms with E-state index in [-0.39, 0.29) is 17.0 Å². The summed E-state index contributed by atoms with van der Waals surface area (Å²) in [6.45, 7) is 1.52. The number of alkyl halides is 3. The maximum Gasteiger partial charge on any atom is 0.417 e. The summed E-state index contributed by atoms with van der Waals surface area (Å²) in [5.41, 5.74) is 1.02. The molecule has 1 heterocycles. The summed E-state index contributed by atoms with van der Waals surface area (Å²) in [5.74, 6) is -0.566. The van der Waals surface area contributed by atoms with Crippen LogP contribution in [0.3, 0.4) is 0 Å².